The van der Waals surface area contributed by atoms with Crippen LogP contribution in [0.1, 0.15) is 18.4 Å². The first-order valence-electron chi connectivity index (χ1n) is 4.66. The molecule has 0 aromatic heterocycles. The highest BCUT2D eigenvalue weighted by molar-refractivity contribution is 6.34. The third-order valence-corrected chi connectivity index (χ3v) is 2.84. The molecule has 1 unspecified atom stereocenters. The van der Waals surface area contributed by atoms with Gasteiger partial charge in [-0.2, -0.15) is 0 Å². The third-order valence-electron chi connectivity index (χ3n) is 2.49. The molecule has 1 aromatic rings. The Balaban J connectivity index is 2.54. The van der Waals surface area contributed by atoms with E-state index in [1.807, 2.05) is 6.92 Å². The van der Waals surface area contributed by atoms with Crippen molar-refractivity contribution in [1.29, 1.82) is 0 Å². The summed E-state index contributed by atoms with van der Waals surface area (Å²) < 4.78 is 10.3. The van der Waals surface area contributed by atoms with Crippen molar-refractivity contribution >= 4 is 11.6 Å². The largest absolute Gasteiger partial charge is 0.506 e. The summed E-state index contributed by atoms with van der Waals surface area (Å²) in [5, 5.41) is 10.0. The molecule has 0 bridgehead atoms. The van der Waals surface area contributed by atoms with Crippen LogP contribution in [0, 0.1) is 0 Å². The quantitative estimate of drug-likeness (QED) is 0.812. The van der Waals surface area contributed by atoms with Crippen molar-refractivity contribution < 1.29 is 14.6 Å². The number of benzene rings is 1. The lowest BCUT2D eigenvalue weighted by Crippen LogP contribution is -2.09. The number of fused-ring (bicyclic) bond motifs is 1. The van der Waals surface area contributed by atoms with Crippen LogP contribution in [0.15, 0.2) is 6.07 Å². The first-order chi connectivity index (χ1) is 7.15. The van der Waals surface area contributed by atoms with Gasteiger partial charge in [0.15, 0.2) is 11.5 Å². The zero-order valence-corrected chi connectivity index (χ0v) is 9.04. The molecule has 0 radical (unpaired) electrons. The molecular formula is C10H12ClNO3. The minimum absolute atomic E-state index is 0.0250. The maximum atomic E-state index is 9.84. The molecule has 1 atom stereocenters. The van der Waals surface area contributed by atoms with Crippen molar-refractivity contribution in [3.05, 3.63) is 16.7 Å². The zero-order chi connectivity index (χ0) is 11.0. The van der Waals surface area contributed by atoms with Crippen LogP contribution in [0.4, 0.5) is 0 Å². The number of nitrogens with two attached hydrogens (primary N) is 1. The molecule has 82 valence electrons. The molecular weight excluding hydrogens is 218 g/mol. The van der Waals surface area contributed by atoms with Crippen LogP contribution in [-0.4, -0.2) is 18.4 Å². The fourth-order valence-corrected chi connectivity index (χ4v) is 1.77. The number of hydrogen-bond acceptors (Lipinski definition) is 4. The van der Waals surface area contributed by atoms with Crippen molar-refractivity contribution in [2.75, 3.05) is 13.3 Å². The molecule has 15 heavy (non-hydrogen) atoms. The highest BCUT2D eigenvalue weighted by Gasteiger charge is 2.24. The molecule has 0 saturated carbocycles. The van der Waals surface area contributed by atoms with Crippen molar-refractivity contribution in [3.63, 3.8) is 0 Å². The Kier molecular flexibility index (Phi) is 2.63. The summed E-state index contributed by atoms with van der Waals surface area (Å²) in [4.78, 5) is 0. The highest BCUT2D eigenvalue weighted by atomic mass is 35.5. The fourth-order valence-electron chi connectivity index (χ4n) is 1.51. The van der Waals surface area contributed by atoms with Gasteiger partial charge in [-0.25, -0.2) is 0 Å². The van der Waals surface area contributed by atoms with Gasteiger partial charge in [0.1, 0.15) is 10.8 Å². The molecule has 1 aromatic carbocycles. The molecule has 0 fully saturated rings. The number of rotatable bonds is 2. The molecule has 0 amide bonds. The molecule has 0 saturated heterocycles. The summed E-state index contributed by atoms with van der Waals surface area (Å²) in [7, 11) is 0. The Labute approximate surface area is 92.5 Å². The standard InChI is InChI=1S/C10H12ClNO3/c1-5(3-12)6-2-7-10(15-4-14-7)8(11)9(6)13/h2,5,13H,3-4,12H2,1H3. The topological polar surface area (TPSA) is 64.7 Å². The summed E-state index contributed by atoms with van der Waals surface area (Å²) in [5.74, 6) is 1.02. The van der Waals surface area contributed by atoms with E-state index < -0.39 is 0 Å². The van der Waals surface area contributed by atoms with Gasteiger partial charge in [-0.1, -0.05) is 18.5 Å². The Morgan fingerprint density at radius 1 is 1.60 bits per heavy atom. The number of phenolic OH excluding ortho intramolecular Hbond substituents is 1. The zero-order valence-electron chi connectivity index (χ0n) is 8.29. The number of aromatic hydroxyl groups is 1. The van der Waals surface area contributed by atoms with E-state index in [2.05, 4.69) is 0 Å². The first kappa shape index (κ1) is 10.4. The number of halogens is 1. The second kappa shape index (κ2) is 3.79. The van der Waals surface area contributed by atoms with Gasteiger partial charge >= 0.3 is 0 Å². The van der Waals surface area contributed by atoms with Gasteiger partial charge < -0.3 is 20.3 Å². The van der Waals surface area contributed by atoms with E-state index >= 15 is 0 Å². The van der Waals surface area contributed by atoms with Gasteiger partial charge in [0.25, 0.3) is 0 Å². The summed E-state index contributed by atoms with van der Waals surface area (Å²) in [6, 6.07) is 1.72. The van der Waals surface area contributed by atoms with Gasteiger partial charge in [0.2, 0.25) is 6.79 Å². The maximum absolute atomic E-state index is 9.84. The predicted octanol–water partition coefficient (Wildman–Crippen LogP) is 1.84. The van der Waals surface area contributed by atoms with Crippen LogP contribution >= 0.6 is 11.6 Å². The molecule has 4 nitrogen and oxygen atoms in total. The maximum Gasteiger partial charge on any atom is 0.231 e. The van der Waals surface area contributed by atoms with E-state index in [9.17, 15) is 5.11 Å². The predicted molar refractivity (Wildman–Crippen MR) is 56.7 cm³/mol. The minimum atomic E-state index is 0.0250. The Morgan fingerprint density at radius 3 is 3.00 bits per heavy atom. The average Bonchev–Trinajstić information content (AvgIpc) is 2.70. The van der Waals surface area contributed by atoms with Crippen molar-refractivity contribution in [2.45, 2.75) is 12.8 Å². The van der Waals surface area contributed by atoms with Crippen molar-refractivity contribution in [3.8, 4) is 17.2 Å². The third kappa shape index (κ3) is 1.60. The second-order valence-corrected chi connectivity index (χ2v) is 3.88. The van der Waals surface area contributed by atoms with Crippen LogP contribution in [0.2, 0.25) is 5.02 Å². The van der Waals surface area contributed by atoms with Gasteiger partial charge in [-0.05, 0) is 18.5 Å². The van der Waals surface area contributed by atoms with Crippen molar-refractivity contribution in [2.24, 2.45) is 5.73 Å². The van der Waals surface area contributed by atoms with Crippen LogP contribution in [0.5, 0.6) is 17.2 Å². The Morgan fingerprint density at radius 2 is 2.33 bits per heavy atom. The Bertz CT molecular complexity index is 395. The summed E-state index contributed by atoms with van der Waals surface area (Å²) in [6.07, 6.45) is 0. The SMILES string of the molecule is CC(CN)c1cc2c(c(Cl)c1O)OCO2. The van der Waals surface area contributed by atoms with Gasteiger partial charge in [-0.15, -0.1) is 0 Å². The summed E-state index contributed by atoms with van der Waals surface area (Å²) in [5.41, 5.74) is 6.23. The van der Waals surface area contributed by atoms with Gasteiger partial charge in [0, 0.05) is 5.56 Å². The van der Waals surface area contributed by atoms with E-state index in [4.69, 9.17) is 26.8 Å². The number of ether oxygens (including phenoxy) is 2. The highest BCUT2D eigenvalue weighted by Crippen LogP contribution is 2.47. The lowest BCUT2D eigenvalue weighted by Gasteiger charge is -2.13. The van der Waals surface area contributed by atoms with Crippen LogP contribution in [-0.2, 0) is 0 Å². The summed E-state index contributed by atoms with van der Waals surface area (Å²) in [6.45, 7) is 2.48. The van der Waals surface area contributed by atoms with E-state index in [-0.39, 0.29) is 23.5 Å². The number of phenols is 1. The van der Waals surface area contributed by atoms with E-state index in [1.54, 1.807) is 6.07 Å². The molecule has 1 aliphatic heterocycles. The second-order valence-electron chi connectivity index (χ2n) is 3.50. The lowest BCUT2D eigenvalue weighted by molar-refractivity contribution is 0.174. The van der Waals surface area contributed by atoms with Gasteiger partial charge in [-0.3, -0.25) is 0 Å². The Hall–Kier alpha value is -1.13. The molecule has 5 heteroatoms. The van der Waals surface area contributed by atoms with Crippen LogP contribution in [0.25, 0.3) is 0 Å². The smallest absolute Gasteiger partial charge is 0.231 e. The average molecular weight is 230 g/mol. The van der Waals surface area contributed by atoms with E-state index in [1.165, 1.54) is 0 Å². The lowest BCUT2D eigenvalue weighted by atomic mass is 9.99. The monoisotopic (exact) mass is 229 g/mol. The van der Waals surface area contributed by atoms with Crippen LogP contribution < -0.4 is 15.2 Å². The molecule has 1 heterocycles. The fraction of sp³-hybridized carbons (Fsp3) is 0.400. The normalized spacial score (nSPS) is 15.4. The van der Waals surface area contributed by atoms with Crippen molar-refractivity contribution in [1.82, 2.24) is 0 Å². The van der Waals surface area contributed by atoms with Crippen LogP contribution in [0.3, 0.4) is 0 Å². The summed E-state index contributed by atoms with van der Waals surface area (Å²) >= 11 is 5.95. The number of hydrogen-bond donors (Lipinski definition) is 2. The molecule has 3 N–H and O–H groups in total. The van der Waals surface area contributed by atoms with E-state index in [0.717, 1.165) is 0 Å². The molecule has 0 aliphatic carbocycles. The molecule has 2 rings (SSSR count). The molecule has 1 aliphatic rings. The molecule has 0 spiro atoms. The van der Waals surface area contributed by atoms with Gasteiger partial charge in [0.05, 0.1) is 0 Å². The first-order valence-corrected chi connectivity index (χ1v) is 5.04. The van der Waals surface area contributed by atoms with E-state index in [0.29, 0.717) is 23.6 Å². The minimum Gasteiger partial charge on any atom is -0.506 e.